The van der Waals surface area contributed by atoms with E-state index in [1.165, 1.54) is 18.3 Å². The molecule has 0 fully saturated rings. The van der Waals surface area contributed by atoms with E-state index in [1.807, 2.05) is 45.5 Å². The molecule has 58 heavy (non-hydrogen) atoms. The van der Waals surface area contributed by atoms with Gasteiger partial charge in [0, 0.05) is 23.5 Å². The number of nitrogens with zero attached hydrogens (tertiary/aromatic N) is 10. The van der Waals surface area contributed by atoms with Crippen LogP contribution < -0.4 is 11.5 Å². The van der Waals surface area contributed by atoms with Gasteiger partial charge in [-0.1, -0.05) is 48.5 Å². The minimum atomic E-state index is -3.52. The second kappa shape index (κ2) is 16.3. The number of pyridine rings is 2. The van der Waals surface area contributed by atoms with Gasteiger partial charge in [-0.15, -0.1) is 0 Å². The number of benzene rings is 2. The molecule has 0 unspecified atom stereocenters. The van der Waals surface area contributed by atoms with Gasteiger partial charge in [-0.2, -0.15) is 8.42 Å². The molecule has 0 bridgehead atoms. The molecule has 6 heterocycles. The van der Waals surface area contributed by atoms with Crippen LogP contribution in [0.1, 0.15) is 33.9 Å². The van der Waals surface area contributed by atoms with Gasteiger partial charge >= 0.3 is 0 Å². The van der Waals surface area contributed by atoms with Crippen molar-refractivity contribution in [3.63, 3.8) is 0 Å². The lowest BCUT2D eigenvalue weighted by Crippen LogP contribution is -2.06. The highest BCUT2D eigenvalue weighted by atomic mass is 32.2. The van der Waals surface area contributed by atoms with Gasteiger partial charge in [0.2, 0.25) is 0 Å². The van der Waals surface area contributed by atoms with Crippen LogP contribution in [0.25, 0.3) is 45.1 Å². The van der Waals surface area contributed by atoms with Crippen molar-refractivity contribution in [2.45, 2.75) is 40.2 Å². The number of halogens is 2. The molecule has 0 aliphatic rings. The van der Waals surface area contributed by atoms with Crippen molar-refractivity contribution < 1.29 is 26.5 Å². The second-order valence-electron chi connectivity index (χ2n) is 13.2. The maximum atomic E-state index is 13.8. The van der Waals surface area contributed by atoms with Crippen molar-refractivity contribution in [2.24, 2.45) is 0 Å². The van der Waals surface area contributed by atoms with Crippen LogP contribution >= 0.6 is 0 Å². The van der Waals surface area contributed by atoms with Crippen LogP contribution in [-0.2, 0) is 40.6 Å². The van der Waals surface area contributed by atoms with Crippen molar-refractivity contribution in [1.29, 1.82) is 0 Å². The summed E-state index contributed by atoms with van der Waals surface area (Å²) in [7, 11) is -3.52. The number of hydrogen-bond donors (Lipinski definition) is 3. The van der Waals surface area contributed by atoms with Crippen molar-refractivity contribution >= 4 is 44.1 Å². The topological polar surface area (TPSA) is 229 Å². The summed E-state index contributed by atoms with van der Waals surface area (Å²) in [6.07, 6.45) is 6.33. The van der Waals surface area contributed by atoms with Crippen LogP contribution in [0.15, 0.2) is 85.5 Å². The van der Waals surface area contributed by atoms with Gasteiger partial charge in [0.15, 0.2) is 34.0 Å². The number of anilines is 2. The lowest BCUT2D eigenvalue weighted by molar-refractivity contribution is 0.282. The lowest BCUT2D eigenvalue weighted by Gasteiger charge is -2.10. The molecule has 16 nitrogen and oxygen atoms in total. The Balaban J connectivity index is 0.000000178. The van der Waals surface area contributed by atoms with E-state index in [4.69, 9.17) is 15.7 Å². The molecule has 5 N–H and O–H groups in total. The first kappa shape index (κ1) is 39.4. The standard InChI is InChI=1S/C20H19FN6O3S.C19H17FN6O/c1-12-24-18(22)17-20(25-12)27(19(26-17)15-7-16(21)9-23-8-15)10-13-3-5-14(6-4-13)11-30-31(2,28)29;1-11-23-17(21)16-19(24-11)26(9-12-2-4-13(10-27)5-3-12)18(25-16)14-6-15(20)8-22-7-14/h3-9H,10-11H2,1-2H3,(H2,22,24,25);2-8,27H,9-10H2,1H3,(H2,21,23,24). The van der Waals surface area contributed by atoms with Crippen molar-refractivity contribution in [2.75, 3.05) is 17.7 Å². The fraction of sp³-hybridized carbons (Fsp3) is 0.179. The number of nitrogens with two attached hydrogens (primary N) is 2. The Labute approximate surface area is 330 Å². The first-order chi connectivity index (χ1) is 27.7. The van der Waals surface area contributed by atoms with E-state index in [2.05, 4.69) is 39.9 Å². The first-order valence-electron chi connectivity index (χ1n) is 17.6. The number of fused-ring (bicyclic) bond motifs is 2. The maximum absolute atomic E-state index is 13.8. The Bertz CT molecular complexity index is 2890. The average molecular weight is 807 g/mol. The zero-order valence-corrected chi connectivity index (χ0v) is 32.2. The van der Waals surface area contributed by atoms with E-state index in [0.717, 1.165) is 35.3 Å². The third-order valence-corrected chi connectivity index (χ3v) is 9.29. The summed E-state index contributed by atoms with van der Waals surface area (Å²) in [6, 6.07) is 17.5. The van der Waals surface area contributed by atoms with Gasteiger partial charge in [0.05, 0.1) is 45.0 Å². The molecule has 8 aromatic rings. The van der Waals surface area contributed by atoms with Gasteiger partial charge in [0.25, 0.3) is 10.1 Å². The lowest BCUT2D eigenvalue weighted by atomic mass is 10.1. The van der Waals surface area contributed by atoms with Crippen LogP contribution in [0.4, 0.5) is 20.4 Å². The molecular weight excluding hydrogens is 771 g/mol. The molecule has 0 radical (unpaired) electrons. The highest BCUT2D eigenvalue weighted by Gasteiger charge is 2.20. The SMILES string of the molecule is Cc1nc(N)c2nc(-c3cncc(F)c3)n(Cc3ccc(CO)cc3)c2n1.Cc1nc(N)c2nc(-c3cncc(F)c3)n(Cc3ccc(COS(C)(=O)=O)cc3)c2n1. The summed E-state index contributed by atoms with van der Waals surface area (Å²) in [5.74, 6) is 1.56. The highest BCUT2D eigenvalue weighted by molar-refractivity contribution is 7.85. The van der Waals surface area contributed by atoms with E-state index in [-0.39, 0.29) is 24.8 Å². The number of aliphatic hydroxyl groups is 1. The molecule has 6 aromatic heterocycles. The van der Waals surface area contributed by atoms with Crippen LogP contribution in [0.2, 0.25) is 0 Å². The fourth-order valence-electron chi connectivity index (χ4n) is 6.11. The maximum Gasteiger partial charge on any atom is 0.264 e. The number of nitrogen functional groups attached to an aromatic ring is 2. The second-order valence-corrected chi connectivity index (χ2v) is 14.9. The van der Waals surface area contributed by atoms with E-state index < -0.39 is 21.8 Å². The molecule has 0 atom stereocenters. The minimum absolute atomic E-state index is 0.0164. The third kappa shape index (κ3) is 8.91. The van der Waals surface area contributed by atoms with E-state index >= 15 is 0 Å². The van der Waals surface area contributed by atoms with Crippen LogP contribution in [0.3, 0.4) is 0 Å². The highest BCUT2D eigenvalue weighted by Crippen LogP contribution is 2.29. The van der Waals surface area contributed by atoms with Gasteiger partial charge < -0.3 is 25.7 Å². The largest absolute Gasteiger partial charge is 0.392 e. The average Bonchev–Trinajstić information content (AvgIpc) is 3.73. The Hall–Kier alpha value is -6.83. The quantitative estimate of drug-likeness (QED) is 0.156. The summed E-state index contributed by atoms with van der Waals surface area (Å²) < 4.78 is 58.4. The number of hydrogen-bond acceptors (Lipinski definition) is 14. The number of aromatic nitrogens is 10. The molecule has 296 valence electrons. The molecule has 0 aliphatic heterocycles. The summed E-state index contributed by atoms with van der Waals surface area (Å²) in [5.41, 5.74) is 18.5. The molecule has 0 saturated carbocycles. The number of rotatable bonds is 10. The first-order valence-corrected chi connectivity index (χ1v) is 19.4. The summed E-state index contributed by atoms with van der Waals surface area (Å²) in [4.78, 5) is 34.3. The van der Waals surface area contributed by atoms with E-state index in [9.17, 15) is 22.3 Å². The predicted octanol–water partition coefficient (Wildman–Crippen LogP) is 4.90. The van der Waals surface area contributed by atoms with E-state index in [1.54, 1.807) is 32.2 Å². The third-order valence-electron chi connectivity index (χ3n) is 8.74. The van der Waals surface area contributed by atoms with Gasteiger partial charge in [-0.05, 0) is 48.2 Å². The van der Waals surface area contributed by atoms with Gasteiger partial charge in [-0.3, -0.25) is 14.2 Å². The number of imidazole rings is 2. The molecule has 0 amide bonds. The smallest absolute Gasteiger partial charge is 0.264 e. The summed E-state index contributed by atoms with van der Waals surface area (Å²) >= 11 is 0. The molecular formula is C39H36F2N12O4S. The number of aliphatic hydroxyl groups excluding tert-OH is 1. The molecule has 0 saturated heterocycles. The van der Waals surface area contributed by atoms with Crippen molar-refractivity contribution in [1.82, 2.24) is 49.0 Å². The van der Waals surface area contributed by atoms with Crippen molar-refractivity contribution in [3.05, 3.63) is 131 Å². The Kier molecular flexibility index (Phi) is 11.1. The van der Waals surface area contributed by atoms with Crippen molar-refractivity contribution in [3.8, 4) is 22.8 Å². The molecule has 0 spiro atoms. The molecule has 8 rings (SSSR count). The molecule has 19 heteroatoms. The number of aryl methyl sites for hydroxylation is 2. The van der Waals surface area contributed by atoms with Gasteiger partial charge in [0.1, 0.15) is 34.9 Å². The Morgan fingerprint density at radius 2 is 1.05 bits per heavy atom. The normalized spacial score (nSPS) is 11.6. The fourth-order valence-corrected chi connectivity index (χ4v) is 6.46. The zero-order valence-electron chi connectivity index (χ0n) is 31.4. The zero-order chi connectivity index (χ0) is 41.1. The Morgan fingerprint density at radius 3 is 1.45 bits per heavy atom. The summed E-state index contributed by atoms with van der Waals surface area (Å²) in [5, 5.41) is 9.22. The summed E-state index contributed by atoms with van der Waals surface area (Å²) in [6.45, 7) is 4.24. The monoisotopic (exact) mass is 806 g/mol. The van der Waals surface area contributed by atoms with Crippen LogP contribution in [-0.4, -0.2) is 68.8 Å². The minimum Gasteiger partial charge on any atom is -0.392 e. The van der Waals surface area contributed by atoms with Gasteiger partial charge in [-0.25, -0.2) is 38.7 Å². The predicted molar refractivity (Wildman–Crippen MR) is 212 cm³/mol. The van der Waals surface area contributed by atoms with E-state index in [0.29, 0.717) is 75.4 Å². The van der Waals surface area contributed by atoms with Crippen LogP contribution in [0.5, 0.6) is 0 Å². The molecule has 2 aromatic carbocycles. The molecule has 0 aliphatic carbocycles. The Morgan fingerprint density at radius 1 is 0.638 bits per heavy atom. The van der Waals surface area contributed by atoms with Crippen LogP contribution in [0, 0.1) is 25.5 Å².